The van der Waals surface area contributed by atoms with Crippen molar-refractivity contribution < 1.29 is 9.90 Å². The Hall–Kier alpha value is -0.850. The van der Waals surface area contributed by atoms with E-state index in [1.807, 2.05) is 11.4 Å². The van der Waals surface area contributed by atoms with E-state index in [4.69, 9.17) is 5.11 Å². The van der Waals surface area contributed by atoms with Crippen LogP contribution in [0.4, 0.5) is 0 Å². The van der Waals surface area contributed by atoms with Crippen molar-refractivity contribution in [3.8, 4) is 0 Å². The maximum atomic E-state index is 11.0. The van der Waals surface area contributed by atoms with Crippen molar-refractivity contribution in [1.82, 2.24) is 4.98 Å². The number of nitrogens with zero attached hydrogens (tertiary/aromatic N) is 1. The second kappa shape index (κ2) is 5.86. The third kappa shape index (κ3) is 3.13. The molecular formula is C12H10BrNO2S2. The van der Waals surface area contributed by atoms with Gasteiger partial charge in [0, 0.05) is 14.7 Å². The van der Waals surface area contributed by atoms with Gasteiger partial charge in [-0.1, -0.05) is 18.7 Å². The molecule has 0 radical (unpaired) electrons. The number of hydrogen-bond acceptors (Lipinski definition) is 4. The highest BCUT2D eigenvalue weighted by molar-refractivity contribution is 9.10. The average Bonchev–Trinajstić information content (AvgIpc) is 2.79. The molecule has 0 atom stereocenters. The topological polar surface area (TPSA) is 50.2 Å². The fourth-order valence-corrected chi connectivity index (χ4v) is 3.68. The SMILES string of the molecule is CCc1csc(Sc2ccc(Br)c(C(=O)O)c2)n1. The minimum Gasteiger partial charge on any atom is -0.478 e. The van der Waals surface area contributed by atoms with Gasteiger partial charge in [-0.25, -0.2) is 9.78 Å². The Morgan fingerprint density at radius 3 is 2.94 bits per heavy atom. The first kappa shape index (κ1) is 13.6. The molecule has 6 heteroatoms. The molecule has 0 fully saturated rings. The van der Waals surface area contributed by atoms with Crippen molar-refractivity contribution in [2.75, 3.05) is 0 Å². The van der Waals surface area contributed by atoms with Crippen LogP contribution in [0, 0.1) is 0 Å². The van der Waals surface area contributed by atoms with Gasteiger partial charge in [-0.2, -0.15) is 0 Å². The molecule has 0 bridgehead atoms. The van der Waals surface area contributed by atoms with Gasteiger partial charge in [0.05, 0.1) is 11.3 Å². The monoisotopic (exact) mass is 343 g/mol. The van der Waals surface area contributed by atoms with E-state index >= 15 is 0 Å². The third-order valence-corrected chi connectivity index (χ3v) is 4.93. The fraction of sp³-hybridized carbons (Fsp3) is 0.167. The summed E-state index contributed by atoms with van der Waals surface area (Å²) >= 11 is 6.30. The van der Waals surface area contributed by atoms with Gasteiger partial charge in [-0.05, 0) is 40.5 Å². The summed E-state index contributed by atoms with van der Waals surface area (Å²) in [5, 5.41) is 11.1. The minimum atomic E-state index is -0.933. The van der Waals surface area contributed by atoms with E-state index in [0.717, 1.165) is 21.3 Å². The first-order valence-corrected chi connectivity index (χ1v) is 7.74. The molecule has 1 N–H and O–H groups in total. The zero-order chi connectivity index (χ0) is 13.1. The number of carbonyl (C=O) groups is 1. The van der Waals surface area contributed by atoms with Crippen LogP contribution in [0.25, 0.3) is 0 Å². The lowest BCUT2D eigenvalue weighted by molar-refractivity contribution is 0.0695. The van der Waals surface area contributed by atoms with Crippen LogP contribution in [-0.4, -0.2) is 16.1 Å². The average molecular weight is 344 g/mol. The first-order chi connectivity index (χ1) is 8.60. The van der Waals surface area contributed by atoms with E-state index in [-0.39, 0.29) is 5.56 Å². The van der Waals surface area contributed by atoms with Gasteiger partial charge in [-0.15, -0.1) is 11.3 Å². The molecular weight excluding hydrogens is 334 g/mol. The molecule has 0 unspecified atom stereocenters. The summed E-state index contributed by atoms with van der Waals surface area (Å²) in [6.07, 6.45) is 0.914. The molecule has 2 rings (SSSR count). The highest BCUT2D eigenvalue weighted by Crippen LogP contribution is 2.32. The van der Waals surface area contributed by atoms with E-state index in [9.17, 15) is 4.79 Å². The largest absolute Gasteiger partial charge is 0.478 e. The molecule has 0 spiro atoms. The van der Waals surface area contributed by atoms with Crippen LogP contribution in [0.3, 0.4) is 0 Å². The van der Waals surface area contributed by atoms with Crippen LogP contribution in [0.5, 0.6) is 0 Å². The van der Waals surface area contributed by atoms with Crippen LogP contribution < -0.4 is 0 Å². The van der Waals surface area contributed by atoms with Crippen molar-refractivity contribution >= 4 is 45.0 Å². The van der Waals surface area contributed by atoms with E-state index in [1.165, 1.54) is 11.8 Å². The van der Waals surface area contributed by atoms with E-state index in [2.05, 4.69) is 27.8 Å². The van der Waals surface area contributed by atoms with Gasteiger partial charge in [0.15, 0.2) is 4.34 Å². The Balaban J connectivity index is 2.24. The van der Waals surface area contributed by atoms with Gasteiger partial charge in [0.2, 0.25) is 0 Å². The van der Waals surface area contributed by atoms with Crippen LogP contribution in [0.1, 0.15) is 23.0 Å². The Kier molecular flexibility index (Phi) is 4.42. The molecule has 3 nitrogen and oxygen atoms in total. The summed E-state index contributed by atoms with van der Waals surface area (Å²) in [5.74, 6) is -0.933. The smallest absolute Gasteiger partial charge is 0.336 e. The Bertz CT molecular complexity index is 583. The standard InChI is InChI=1S/C12H10BrNO2S2/c1-2-7-6-17-12(14-7)18-8-3-4-10(13)9(5-8)11(15)16/h3-6H,2H2,1H3,(H,15,16). The predicted molar refractivity (Wildman–Crippen MR) is 76.7 cm³/mol. The maximum Gasteiger partial charge on any atom is 0.336 e. The molecule has 2 aromatic rings. The second-order valence-electron chi connectivity index (χ2n) is 3.51. The number of carboxylic acid groups (broad SMARTS) is 1. The molecule has 0 aliphatic carbocycles. The van der Waals surface area contributed by atoms with Gasteiger partial charge < -0.3 is 5.11 Å². The van der Waals surface area contributed by atoms with Gasteiger partial charge >= 0.3 is 5.97 Å². The third-order valence-electron chi connectivity index (χ3n) is 2.27. The summed E-state index contributed by atoms with van der Waals surface area (Å²) in [7, 11) is 0. The van der Waals surface area contributed by atoms with Crippen molar-refractivity contribution in [1.29, 1.82) is 0 Å². The maximum absolute atomic E-state index is 11.0. The van der Waals surface area contributed by atoms with Crippen LogP contribution in [-0.2, 0) is 6.42 Å². The van der Waals surface area contributed by atoms with Gasteiger partial charge in [0.1, 0.15) is 0 Å². The summed E-state index contributed by atoms with van der Waals surface area (Å²) in [5.41, 5.74) is 1.34. The Morgan fingerprint density at radius 1 is 1.56 bits per heavy atom. The molecule has 0 saturated carbocycles. The molecule has 1 heterocycles. The lowest BCUT2D eigenvalue weighted by atomic mass is 10.2. The normalized spacial score (nSPS) is 10.6. The molecule has 1 aromatic carbocycles. The summed E-state index contributed by atoms with van der Waals surface area (Å²) in [6, 6.07) is 5.29. The number of aryl methyl sites for hydroxylation is 1. The Labute approximate surface area is 121 Å². The highest BCUT2D eigenvalue weighted by atomic mass is 79.9. The van der Waals surface area contributed by atoms with Gasteiger partial charge in [0.25, 0.3) is 0 Å². The number of hydrogen-bond donors (Lipinski definition) is 1. The molecule has 0 saturated heterocycles. The predicted octanol–water partition coefficient (Wildman–Crippen LogP) is 4.32. The van der Waals surface area contributed by atoms with Crippen molar-refractivity contribution in [3.63, 3.8) is 0 Å². The van der Waals surface area contributed by atoms with Crippen LogP contribution in [0.2, 0.25) is 0 Å². The number of halogens is 1. The highest BCUT2D eigenvalue weighted by Gasteiger charge is 2.10. The molecule has 1 aromatic heterocycles. The van der Waals surface area contributed by atoms with Crippen molar-refractivity contribution in [3.05, 3.63) is 39.3 Å². The lowest BCUT2D eigenvalue weighted by Crippen LogP contribution is -1.97. The zero-order valence-electron chi connectivity index (χ0n) is 9.51. The molecule has 18 heavy (non-hydrogen) atoms. The van der Waals surface area contributed by atoms with E-state index in [1.54, 1.807) is 23.5 Å². The molecule has 0 aliphatic heterocycles. The first-order valence-electron chi connectivity index (χ1n) is 5.25. The van der Waals surface area contributed by atoms with Crippen molar-refractivity contribution in [2.24, 2.45) is 0 Å². The van der Waals surface area contributed by atoms with E-state index < -0.39 is 5.97 Å². The molecule has 94 valence electrons. The zero-order valence-corrected chi connectivity index (χ0v) is 12.7. The number of thiazole rings is 1. The number of carboxylic acids is 1. The fourth-order valence-electron chi connectivity index (χ4n) is 1.33. The van der Waals surface area contributed by atoms with Gasteiger partial charge in [-0.3, -0.25) is 0 Å². The quantitative estimate of drug-likeness (QED) is 0.898. The van der Waals surface area contributed by atoms with Crippen LogP contribution in [0.15, 0.2) is 37.3 Å². The number of benzene rings is 1. The summed E-state index contributed by atoms with van der Waals surface area (Å²) in [6.45, 7) is 2.06. The summed E-state index contributed by atoms with van der Waals surface area (Å²) in [4.78, 5) is 16.3. The lowest BCUT2D eigenvalue weighted by Gasteiger charge is -2.02. The Morgan fingerprint density at radius 2 is 2.33 bits per heavy atom. The minimum absolute atomic E-state index is 0.271. The van der Waals surface area contributed by atoms with E-state index in [0.29, 0.717) is 4.47 Å². The molecule has 0 aliphatic rings. The second-order valence-corrected chi connectivity index (χ2v) is 6.54. The van der Waals surface area contributed by atoms with Crippen LogP contribution >= 0.6 is 39.0 Å². The molecule has 0 amide bonds. The van der Waals surface area contributed by atoms with Crippen molar-refractivity contribution in [2.45, 2.75) is 22.6 Å². The number of aromatic carboxylic acids is 1. The number of rotatable bonds is 4. The summed E-state index contributed by atoms with van der Waals surface area (Å²) < 4.78 is 1.53. The number of aromatic nitrogens is 1.